The minimum absolute atomic E-state index is 0.164. The van der Waals surface area contributed by atoms with Crippen molar-refractivity contribution in [2.24, 2.45) is 18.9 Å². The van der Waals surface area contributed by atoms with Gasteiger partial charge in [-0.3, -0.25) is 18.9 Å². The Labute approximate surface area is 124 Å². The molecular formula is C11H12IMgN4O. The summed E-state index contributed by atoms with van der Waals surface area (Å²) in [5.74, 6) is 1.32. The van der Waals surface area contributed by atoms with Gasteiger partial charge in [-0.25, -0.2) is 4.79 Å². The quantitative estimate of drug-likeness (QED) is 0.592. The Bertz CT molecular complexity index is 572. The normalized spacial score (nSPS) is 23.9. The van der Waals surface area contributed by atoms with Gasteiger partial charge >= 0.3 is 22.2 Å². The van der Waals surface area contributed by atoms with E-state index >= 15 is 0 Å². The first kappa shape index (κ1) is 12.9. The van der Waals surface area contributed by atoms with Crippen LogP contribution in [-0.2, 0) is 7.05 Å². The highest BCUT2D eigenvalue weighted by atomic mass is 127. The van der Waals surface area contributed by atoms with Gasteiger partial charge < -0.3 is 0 Å². The molecule has 1 aromatic heterocycles. The van der Waals surface area contributed by atoms with Crippen LogP contribution in [0.5, 0.6) is 0 Å². The fraction of sp³-hybridized carbons (Fsp3) is 0.455. The fourth-order valence-corrected chi connectivity index (χ4v) is 6.14. The maximum atomic E-state index is 12.0. The molecule has 0 N–H and O–H groups in total. The molecule has 1 fully saturated rings. The molecule has 7 heteroatoms. The maximum Gasteiger partial charge on any atom is 0.477 e. The highest BCUT2D eigenvalue weighted by Crippen LogP contribution is 2.46. The van der Waals surface area contributed by atoms with E-state index in [-0.39, 0.29) is 22.2 Å². The average molecular weight is 367 g/mol. The highest BCUT2D eigenvalue weighted by molar-refractivity contribution is 14.1. The first-order valence-electron chi connectivity index (χ1n) is 6.02. The summed E-state index contributed by atoms with van der Waals surface area (Å²) in [5.41, 5.74) is 0.802. The third kappa shape index (κ3) is 2.20. The lowest BCUT2D eigenvalue weighted by atomic mass is 9.92. The fourth-order valence-electron chi connectivity index (χ4n) is 2.39. The van der Waals surface area contributed by atoms with Crippen LogP contribution in [0, 0.1) is 15.9 Å². The molecule has 1 radical (unpaired) electrons. The monoisotopic (exact) mass is 367 g/mol. The second-order valence-corrected chi connectivity index (χ2v) is 8.07. The Balaban J connectivity index is 1.99. The van der Waals surface area contributed by atoms with Crippen molar-refractivity contribution < 1.29 is 0 Å². The number of allylic oxidation sites excluding steroid dienone is 4. The summed E-state index contributed by atoms with van der Waals surface area (Å²) in [6.07, 6.45) is 8.96. The molecule has 1 aromatic rings. The summed E-state index contributed by atoms with van der Waals surface area (Å²) in [6, 6.07) is 0. The molecule has 1 atom stereocenters. The molecule has 0 aliphatic heterocycles. The summed E-state index contributed by atoms with van der Waals surface area (Å²) in [7, 11) is 1.63. The van der Waals surface area contributed by atoms with Gasteiger partial charge in [-0.15, -0.1) is 0 Å². The van der Waals surface area contributed by atoms with Crippen molar-refractivity contribution >= 4 is 41.0 Å². The molecule has 0 bridgehead atoms. The summed E-state index contributed by atoms with van der Waals surface area (Å²) in [5, 5.41) is 7.76. The number of tetrazole rings is 1. The molecule has 0 spiro atoms. The molecule has 0 aromatic carbocycles. The Hall–Kier alpha value is -0.154. The Kier molecular flexibility index (Phi) is 3.63. The number of hydrogen-bond acceptors (Lipinski definition) is 3. The number of rotatable bonds is 3. The topological polar surface area (TPSA) is 52.7 Å². The van der Waals surface area contributed by atoms with Crippen molar-refractivity contribution in [1.82, 2.24) is 19.8 Å². The molecule has 1 unspecified atom stereocenters. The lowest BCUT2D eigenvalue weighted by molar-refractivity contribution is 0.629. The zero-order chi connectivity index (χ0) is 12.7. The minimum Gasteiger partial charge on any atom is -0.300 e. The Morgan fingerprint density at radius 2 is 2.22 bits per heavy atom. The molecule has 91 valence electrons. The van der Waals surface area contributed by atoms with Crippen LogP contribution < -0.4 is 5.69 Å². The summed E-state index contributed by atoms with van der Waals surface area (Å²) < 4.78 is 4.15. The van der Waals surface area contributed by atoms with Crippen LogP contribution in [0.2, 0.25) is 0 Å². The minimum atomic E-state index is -0.350. The van der Waals surface area contributed by atoms with Crippen molar-refractivity contribution in [3.63, 3.8) is 0 Å². The molecule has 1 heterocycles. The third-order valence-corrected chi connectivity index (χ3v) is 7.11. The van der Waals surface area contributed by atoms with E-state index in [1.165, 1.54) is 26.3 Å². The van der Waals surface area contributed by atoms with Gasteiger partial charge in [0.1, 0.15) is 0 Å². The molecule has 18 heavy (non-hydrogen) atoms. The second-order valence-electron chi connectivity index (χ2n) is 4.76. The first-order chi connectivity index (χ1) is 8.72. The van der Waals surface area contributed by atoms with Gasteiger partial charge in [0.25, 0.3) is 0 Å². The molecule has 5 nitrogen and oxygen atoms in total. The summed E-state index contributed by atoms with van der Waals surface area (Å²) in [4.78, 5) is 12.0. The second kappa shape index (κ2) is 5.08. The van der Waals surface area contributed by atoms with Gasteiger partial charge in [-0.2, -0.15) is 9.36 Å². The number of hydrogen-bond donors (Lipinski definition) is 0. The van der Waals surface area contributed by atoms with Crippen molar-refractivity contribution in [1.29, 1.82) is 0 Å². The van der Waals surface area contributed by atoms with Crippen LogP contribution in [-0.4, -0.2) is 36.3 Å². The SMILES string of the molecule is Cn1nnn(C2=CC=CC(C3CC3)[C]2[Mg][I])c1=O. The first-order valence-corrected chi connectivity index (χ1v) is 11.8. The van der Waals surface area contributed by atoms with Gasteiger partial charge in [0.15, 0.2) is 0 Å². The summed E-state index contributed by atoms with van der Waals surface area (Å²) in [6.45, 7) is 0. The van der Waals surface area contributed by atoms with Crippen molar-refractivity contribution in [2.45, 2.75) is 12.8 Å². The molecule has 1 saturated carbocycles. The van der Waals surface area contributed by atoms with Crippen LogP contribution >= 0.6 is 18.9 Å². The van der Waals surface area contributed by atoms with E-state index in [1.807, 2.05) is 6.08 Å². The van der Waals surface area contributed by atoms with Gasteiger partial charge in [0, 0.05) is 12.7 Å². The highest BCUT2D eigenvalue weighted by Gasteiger charge is 2.38. The lowest BCUT2D eigenvalue weighted by Gasteiger charge is -2.27. The van der Waals surface area contributed by atoms with Crippen molar-refractivity contribution in [2.75, 3.05) is 0 Å². The van der Waals surface area contributed by atoms with Crippen LogP contribution in [0.4, 0.5) is 0 Å². The molecular weight excluding hydrogens is 355 g/mol. The van der Waals surface area contributed by atoms with E-state index in [9.17, 15) is 4.79 Å². The van der Waals surface area contributed by atoms with Gasteiger partial charge in [-0.05, 0) is 41.2 Å². The maximum absolute atomic E-state index is 12.0. The molecule has 2 aliphatic rings. The zero-order valence-electron chi connectivity index (χ0n) is 10.1. The van der Waals surface area contributed by atoms with Gasteiger partial charge in [-0.1, -0.05) is 16.2 Å². The van der Waals surface area contributed by atoms with E-state index < -0.39 is 0 Å². The van der Waals surface area contributed by atoms with Crippen LogP contribution in [0.1, 0.15) is 12.8 Å². The number of aryl methyl sites for hydroxylation is 1. The predicted octanol–water partition coefficient (Wildman–Crippen LogP) is 1.000. The third-order valence-electron chi connectivity index (χ3n) is 3.53. The number of aromatic nitrogens is 4. The molecule has 0 amide bonds. The predicted molar refractivity (Wildman–Crippen MR) is 77.9 cm³/mol. The van der Waals surface area contributed by atoms with E-state index in [0.29, 0.717) is 5.92 Å². The standard InChI is InChI=1S/C11H12N4O.HI.Mg/c1-14-11(16)15(13-12-14)10-4-2-3-9(7-10)8-5-6-8;;/h2-4,8-9H,5-6H2,1H3;1H;/q;;+1/p-1. The van der Waals surface area contributed by atoms with Crippen molar-refractivity contribution in [3.8, 4) is 0 Å². The smallest absolute Gasteiger partial charge is 0.300 e. The zero-order valence-corrected chi connectivity index (χ0v) is 13.7. The van der Waals surface area contributed by atoms with E-state index in [2.05, 4.69) is 41.4 Å². The number of halogens is 1. The largest absolute Gasteiger partial charge is 0.477 e. The molecule has 2 aliphatic carbocycles. The van der Waals surface area contributed by atoms with E-state index in [1.54, 1.807) is 7.05 Å². The van der Waals surface area contributed by atoms with Gasteiger partial charge in [0.05, 0.1) is 0 Å². The Morgan fingerprint density at radius 1 is 1.44 bits per heavy atom. The number of nitrogens with zero attached hydrogens (tertiary/aromatic N) is 4. The summed E-state index contributed by atoms with van der Waals surface area (Å²) >= 11 is 2.15. The van der Waals surface area contributed by atoms with E-state index in [0.717, 1.165) is 11.6 Å². The lowest BCUT2D eigenvalue weighted by Crippen LogP contribution is -2.30. The van der Waals surface area contributed by atoms with E-state index in [4.69, 9.17) is 0 Å². The Morgan fingerprint density at radius 3 is 2.78 bits per heavy atom. The molecule has 0 saturated heterocycles. The average Bonchev–Trinajstić information content (AvgIpc) is 3.17. The van der Waals surface area contributed by atoms with Crippen LogP contribution in [0.25, 0.3) is 5.70 Å². The van der Waals surface area contributed by atoms with Crippen LogP contribution in [0.15, 0.2) is 23.0 Å². The van der Waals surface area contributed by atoms with Crippen molar-refractivity contribution in [3.05, 3.63) is 32.8 Å². The van der Waals surface area contributed by atoms with Gasteiger partial charge in [0.2, 0.25) is 0 Å². The molecule has 3 rings (SSSR count). The van der Waals surface area contributed by atoms with Crippen LogP contribution in [0.3, 0.4) is 0 Å².